The molecule has 1 unspecified atom stereocenters. The van der Waals surface area contributed by atoms with Crippen molar-refractivity contribution in [1.82, 2.24) is 5.32 Å². The summed E-state index contributed by atoms with van der Waals surface area (Å²) in [5, 5.41) is 11.9. The number of carbonyl (C=O) groups is 1. The number of amides is 1. The Kier molecular flexibility index (Phi) is 5.35. The van der Waals surface area contributed by atoms with Gasteiger partial charge in [-0.2, -0.15) is 0 Å². The Hall–Kier alpha value is -1.62. The molecule has 0 saturated carbocycles. The SMILES string of the molecule is O=C(Cc1ccc(O)c(F)c1)NCCCC1CCOC1. The fourth-order valence-electron chi connectivity index (χ4n) is 2.34. The Bertz CT molecular complexity index is 458. The molecule has 5 heteroatoms. The molecule has 1 atom stereocenters. The molecular weight excluding hydrogens is 261 g/mol. The van der Waals surface area contributed by atoms with E-state index in [1.54, 1.807) is 6.07 Å². The monoisotopic (exact) mass is 281 g/mol. The highest BCUT2D eigenvalue weighted by molar-refractivity contribution is 5.78. The summed E-state index contributed by atoms with van der Waals surface area (Å²) in [5.74, 6) is -0.597. The molecule has 1 aromatic rings. The molecule has 1 saturated heterocycles. The van der Waals surface area contributed by atoms with E-state index in [0.717, 1.165) is 32.5 Å². The van der Waals surface area contributed by atoms with Crippen LogP contribution in [0, 0.1) is 11.7 Å². The van der Waals surface area contributed by atoms with Crippen LogP contribution >= 0.6 is 0 Å². The molecule has 1 amide bonds. The summed E-state index contributed by atoms with van der Waals surface area (Å²) >= 11 is 0. The van der Waals surface area contributed by atoms with Crippen molar-refractivity contribution in [3.05, 3.63) is 29.6 Å². The van der Waals surface area contributed by atoms with Crippen LogP contribution in [0.15, 0.2) is 18.2 Å². The lowest BCUT2D eigenvalue weighted by atomic mass is 10.0. The van der Waals surface area contributed by atoms with Crippen LogP contribution in [-0.4, -0.2) is 30.8 Å². The summed E-state index contributed by atoms with van der Waals surface area (Å²) in [6.07, 6.45) is 3.24. The maximum atomic E-state index is 13.1. The number of nitrogens with one attached hydrogen (secondary N) is 1. The summed E-state index contributed by atoms with van der Waals surface area (Å²) in [6.45, 7) is 2.32. The highest BCUT2D eigenvalue weighted by Gasteiger charge is 2.14. The van der Waals surface area contributed by atoms with Gasteiger partial charge in [0.2, 0.25) is 5.91 Å². The van der Waals surface area contributed by atoms with Crippen molar-refractivity contribution in [1.29, 1.82) is 0 Å². The predicted octanol–water partition coefficient (Wildman–Crippen LogP) is 2.01. The molecule has 0 aliphatic carbocycles. The van der Waals surface area contributed by atoms with Crippen LogP contribution in [0.3, 0.4) is 0 Å². The van der Waals surface area contributed by atoms with E-state index in [0.29, 0.717) is 18.0 Å². The minimum atomic E-state index is -0.698. The van der Waals surface area contributed by atoms with Crippen LogP contribution in [0.4, 0.5) is 4.39 Å². The van der Waals surface area contributed by atoms with E-state index >= 15 is 0 Å². The number of hydrogen-bond donors (Lipinski definition) is 2. The second kappa shape index (κ2) is 7.24. The van der Waals surface area contributed by atoms with Crippen molar-refractivity contribution >= 4 is 5.91 Å². The molecule has 0 spiro atoms. The van der Waals surface area contributed by atoms with E-state index in [1.807, 2.05) is 0 Å². The van der Waals surface area contributed by atoms with Gasteiger partial charge in [-0.1, -0.05) is 6.07 Å². The number of phenols is 1. The van der Waals surface area contributed by atoms with Crippen LogP contribution in [0.2, 0.25) is 0 Å². The van der Waals surface area contributed by atoms with Crippen molar-refractivity contribution in [2.24, 2.45) is 5.92 Å². The predicted molar refractivity (Wildman–Crippen MR) is 72.9 cm³/mol. The average Bonchev–Trinajstić information content (AvgIpc) is 2.92. The minimum absolute atomic E-state index is 0.127. The van der Waals surface area contributed by atoms with Crippen LogP contribution < -0.4 is 5.32 Å². The third-order valence-corrected chi connectivity index (χ3v) is 3.51. The van der Waals surface area contributed by atoms with E-state index in [4.69, 9.17) is 9.84 Å². The van der Waals surface area contributed by atoms with Gasteiger partial charge in [-0.25, -0.2) is 4.39 Å². The number of benzene rings is 1. The fraction of sp³-hybridized carbons (Fsp3) is 0.533. The first-order valence-corrected chi connectivity index (χ1v) is 6.97. The van der Waals surface area contributed by atoms with Gasteiger partial charge in [-0.15, -0.1) is 0 Å². The molecule has 0 aromatic heterocycles. The maximum Gasteiger partial charge on any atom is 0.224 e. The number of phenolic OH excluding ortho intramolecular Hbond substituents is 1. The van der Waals surface area contributed by atoms with Crippen LogP contribution in [0.5, 0.6) is 5.75 Å². The topological polar surface area (TPSA) is 58.6 Å². The molecular formula is C15H20FNO3. The van der Waals surface area contributed by atoms with Crippen LogP contribution in [-0.2, 0) is 16.0 Å². The normalized spacial score (nSPS) is 18.1. The maximum absolute atomic E-state index is 13.1. The molecule has 2 rings (SSSR count). The van der Waals surface area contributed by atoms with Gasteiger partial charge in [0.25, 0.3) is 0 Å². The summed E-state index contributed by atoms with van der Waals surface area (Å²) < 4.78 is 18.4. The third kappa shape index (κ3) is 4.49. The zero-order valence-electron chi connectivity index (χ0n) is 11.4. The molecule has 0 radical (unpaired) electrons. The molecule has 2 N–H and O–H groups in total. The molecule has 1 aliphatic heterocycles. The fourth-order valence-corrected chi connectivity index (χ4v) is 2.34. The van der Waals surface area contributed by atoms with E-state index in [1.165, 1.54) is 12.1 Å². The first-order chi connectivity index (χ1) is 9.65. The summed E-state index contributed by atoms with van der Waals surface area (Å²) in [4.78, 5) is 11.7. The molecule has 1 fully saturated rings. The lowest BCUT2D eigenvalue weighted by Gasteiger charge is -2.08. The molecule has 110 valence electrons. The number of halogens is 1. The highest BCUT2D eigenvalue weighted by Crippen LogP contribution is 2.18. The van der Waals surface area contributed by atoms with Gasteiger partial charge in [0.15, 0.2) is 11.6 Å². The molecule has 20 heavy (non-hydrogen) atoms. The van der Waals surface area contributed by atoms with Crippen molar-refractivity contribution < 1.29 is 19.0 Å². The molecule has 4 nitrogen and oxygen atoms in total. The molecule has 1 aliphatic rings. The quantitative estimate of drug-likeness (QED) is 0.784. The van der Waals surface area contributed by atoms with Gasteiger partial charge in [0, 0.05) is 19.8 Å². The third-order valence-electron chi connectivity index (χ3n) is 3.51. The zero-order valence-corrected chi connectivity index (χ0v) is 11.4. The summed E-state index contributed by atoms with van der Waals surface area (Å²) in [7, 11) is 0. The van der Waals surface area contributed by atoms with E-state index in [-0.39, 0.29) is 12.3 Å². The minimum Gasteiger partial charge on any atom is -0.505 e. The molecule has 0 bridgehead atoms. The number of aromatic hydroxyl groups is 1. The number of rotatable bonds is 6. The van der Waals surface area contributed by atoms with Crippen molar-refractivity contribution in [3.63, 3.8) is 0 Å². The Morgan fingerprint density at radius 2 is 2.35 bits per heavy atom. The van der Waals surface area contributed by atoms with E-state index < -0.39 is 11.6 Å². The van der Waals surface area contributed by atoms with E-state index in [9.17, 15) is 9.18 Å². The number of hydrogen-bond acceptors (Lipinski definition) is 3. The summed E-state index contributed by atoms with van der Waals surface area (Å²) in [6, 6.07) is 4.00. The smallest absolute Gasteiger partial charge is 0.224 e. The van der Waals surface area contributed by atoms with Gasteiger partial charge in [0.1, 0.15) is 0 Å². The van der Waals surface area contributed by atoms with Gasteiger partial charge >= 0.3 is 0 Å². The summed E-state index contributed by atoms with van der Waals surface area (Å²) in [5.41, 5.74) is 0.557. The second-order valence-corrected chi connectivity index (χ2v) is 5.18. The van der Waals surface area contributed by atoms with Crippen LogP contribution in [0.1, 0.15) is 24.8 Å². The Morgan fingerprint density at radius 3 is 3.05 bits per heavy atom. The van der Waals surface area contributed by atoms with E-state index in [2.05, 4.69) is 5.32 Å². The molecule has 1 heterocycles. The van der Waals surface area contributed by atoms with Crippen molar-refractivity contribution in [2.75, 3.05) is 19.8 Å². The second-order valence-electron chi connectivity index (χ2n) is 5.18. The first kappa shape index (κ1) is 14.8. The van der Waals surface area contributed by atoms with Gasteiger partial charge in [0.05, 0.1) is 6.42 Å². The Balaban J connectivity index is 1.65. The Labute approximate surface area is 117 Å². The first-order valence-electron chi connectivity index (χ1n) is 6.97. The van der Waals surface area contributed by atoms with Crippen molar-refractivity contribution in [2.45, 2.75) is 25.7 Å². The highest BCUT2D eigenvalue weighted by atomic mass is 19.1. The lowest BCUT2D eigenvalue weighted by molar-refractivity contribution is -0.120. The van der Waals surface area contributed by atoms with Gasteiger partial charge < -0.3 is 15.2 Å². The van der Waals surface area contributed by atoms with Crippen LogP contribution in [0.25, 0.3) is 0 Å². The zero-order chi connectivity index (χ0) is 14.4. The standard InChI is InChI=1S/C15H20FNO3/c16-13-8-12(3-4-14(13)18)9-15(19)17-6-1-2-11-5-7-20-10-11/h3-4,8,11,18H,1-2,5-7,9-10H2,(H,17,19). The number of carbonyl (C=O) groups excluding carboxylic acids is 1. The lowest BCUT2D eigenvalue weighted by Crippen LogP contribution is -2.26. The van der Waals surface area contributed by atoms with Gasteiger partial charge in [-0.3, -0.25) is 4.79 Å². The molecule has 1 aromatic carbocycles. The average molecular weight is 281 g/mol. The van der Waals surface area contributed by atoms with Gasteiger partial charge in [-0.05, 0) is 42.9 Å². The number of ether oxygens (including phenoxy) is 1. The largest absolute Gasteiger partial charge is 0.505 e. The Morgan fingerprint density at radius 1 is 1.50 bits per heavy atom. The van der Waals surface area contributed by atoms with Crippen molar-refractivity contribution in [3.8, 4) is 5.75 Å².